The Labute approximate surface area is 138 Å². The lowest BCUT2D eigenvalue weighted by molar-refractivity contribution is -0.389. The van der Waals surface area contributed by atoms with E-state index in [1.807, 2.05) is 0 Å². The van der Waals surface area contributed by atoms with Crippen molar-refractivity contribution in [3.05, 3.63) is 52.7 Å². The molecule has 1 N–H and O–H groups in total. The quantitative estimate of drug-likeness (QED) is 0.669. The minimum absolute atomic E-state index is 0.277. The van der Waals surface area contributed by atoms with Crippen LogP contribution in [0.15, 0.2) is 42.6 Å². The molecule has 0 aliphatic carbocycles. The molecule has 0 spiro atoms. The van der Waals surface area contributed by atoms with E-state index in [9.17, 15) is 20.0 Å². The molecule has 0 bridgehead atoms. The Bertz CT molecular complexity index is 753. The Balaban J connectivity index is 2.27. The smallest absolute Gasteiger partial charge is 0.412 e. The van der Waals surface area contributed by atoms with E-state index in [0.717, 1.165) is 0 Å². The van der Waals surface area contributed by atoms with Crippen molar-refractivity contribution < 1.29 is 19.6 Å². The Morgan fingerprint density at radius 3 is 2.46 bits per heavy atom. The molecule has 0 aliphatic heterocycles. The van der Waals surface area contributed by atoms with Crippen LogP contribution in [-0.2, 0) is 0 Å². The van der Waals surface area contributed by atoms with Gasteiger partial charge in [0.2, 0.25) is 0 Å². The molecule has 0 radical (unpaired) electrons. The minimum atomic E-state index is -1.07. The highest BCUT2D eigenvalue weighted by Crippen LogP contribution is 2.30. The van der Waals surface area contributed by atoms with Crippen LogP contribution in [0.5, 0.6) is 11.5 Å². The van der Waals surface area contributed by atoms with Crippen molar-refractivity contribution in [2.24, 2.45) is 0 Å². The SMILES string of the molecule is CC(C)(C)N(C(=O)O)c1cccc(Oc2ccc([N+](=O)[O-])nc2)c1. The lowest BCUT2D eigenvalue weighted by Crippen LogP contribution is -2.45. The van der Waals surface area contributed by atoms with Gasteiger partial charge in [0.25, 0.3) is 0 Å². The van der Waals surface area contributed by atoms with Gasteiger partial charge in [0.15, 0.2) is 11.9 Å². The summed E-state index contributed by atoms with van der Waals surface area (Å²) >= 11 is 0. The number of pyridine rings is 1. The topological polar surface area (TPSA) is 106 Å². The van der Waals surface area contributed by atoms with Gasteiger partial charge in [0, 0.05) is 17.7 Å². The maximum Gasteiger partial charge on any atom is 0.412 e. The number of ether oxygens (including phenoxy) is 1. The molecule has 0 aliphatic rings. The van der Waals surface area contributed by atoms with Gasteiger partial charge < -0.3 is 20.0 Å². The van der Waals surface area contributed by atoms with E-state index in [4.69, 9.17) is 4.74 Å². The third-order valence-corrected chi connectivity index (χ3v) is 3.08. The molecule has 0 saturated carbocycles. The van der Waals surface area contributed by atoms with Crippen LogP contribution in [0.1, 0.15) is 20.8 Å². The van der Waals surface area contributed by atoms with Gasteiger partial charge in [-0.1, -0.05) is 6.07 Å². The zero-order valence-corrected chi connectivity index (χ0v) is 13.5. The number of amides is 1. The first-order valence-corrected chi connectivity index (χ1v) is 7.10. The zero-order chi connectivity index (χ0) is 17.9. The third kappa shape index (κ3) is 3.97. The van der Waals surface area contributed by atoms with Gasteiger partial charge in [-0.3, -0.25) is 4.90 Å². The van der Waals surface area contributed by atoms with Gasteiger partial charge in [-0.15, -0.1) is 0 Å². The lowest BCUT2D eigenvalue weighted by atomic mass is 10.1. The van der Waals surface area contributed by atoms with E-state index in [2.05, 4.69) is 4.98 Å². The fraction of sp³-hybridized carbons (Fsp3) is 0.250. The molecule has 1 aromatic heterocycles. The summed E-state index contributed by atoms with van der Waals surface area (Å²) in [6.07, 6.45) is 0.167. The largest absolute Gasteiger partial charge is 0.465 e. The van der Waals surface area contributed by atoms with Crippen molar-refractivity contribution in [3.63, 3.8) is 0 Å². The second-order valence-electron chi connectivity index (χ2n) is 6.00. The molecule has 1 heterocycles. The first-order valence-electron chi connectivity index (χ1n) is 7.10. The molecule has 1 aromatic carbocycles. The van der Waals surface area contributed by atoms with E-state index >= 15 is 0 Å². The average molecular weight is 331 g/mol. The summed E-state index contributed by atoms with van der Waals surface area (Å²) in [6, 6.07) is 9.24. The predicted molar refractivity (Wildman–Crippen MR) is 87.7 cm³/mol. The van der Waals surface area contributed by atoms with Crippen LogP contribution >= 0.6 is 0 Å². The van der Waals surface area contributed by atoms with Crippen molar-refractivity contribution in [2.45, 2.75) is 26.3 Å². The number of anilines is 1. The molecule has 8 heteroatoms. The summed E-state index contributed by atoms with van der Waals surface area (Å²) < 4.78 is 5.59. The first-order chi connectivity index (χ1) is 11.2. The summed E-state index contributed by atoms with van der Waals surface area (Å²) in [4.78, 5) is 26.4. The fourth-order valence-electron chi connectivity index (χ4n) is 2.15. The first kappa shape index (κ1) is 17.2. The van der Waals surface area contributed by atoms with Gasteiger partial charge in [0.1, 0.15) is 5.75 Å². The number of hydrogen-bond donors (Lipinski definition) is 1. The maximum atomic E-state index is 11.5. The summed E-state index contributed by atoms with van der Waals surface area (Å²) in [5.41, 5.74) is -0.165. The molecule has 2 rings (SSSR count). The normalized spacial score (nSPS) is 11.0. The highest BCUT2D eigenvalue weighted by molar-refractivity contribution is 5.87. The van der Waals surface area contributed by atoms with Crippen LogP contribution in [0, 0.1) is 10.1 Å². The van der Waals surface area contributed by atoms with Crippen molar-refractivity contribution in [1.82, 2.24) is 4.98 Å². The number of nitrogens with zero attached hydrogens (tertiary/aromatic N) is 3. The van der Waals surface area contributed by atoms with E-state index in [1.165, 1.54) is 23.2 Å². The summed E-state index contributed by atoms with van der Waals surface area (Å²) in [5, 5.41) is 20.0. The standard InChI is InChI=1S/C16H17N3O5/c1-16(2,3)18(15(20)21)11-5-4-6-12(9-11)24-13-7-8-14(17-10-13)19(22)23/h4-10H,1-3H3,(H,20,21). The maximum absolute atomic E-state index is 11.5. The van der Waals surface area contributed by atoms with Crippen LogP contribution in [0.4, 0.5) is 16.3 Å². The molecule has 1 amide bonds. The lowest BCUT2D eigenvalue weighted by Gasteiger charge is -2.33. The van der Waals surface area contributed by atoms with Gasteiger partial charge in [-0.2, -0.15) is 0 Å². The van der Waals surface area contributed by atoms with Gasteiger partial charge in [-0.25, -0.2) is 4.79 Å². The predicted octanol–water partition coefficient (Wildman–Crippen LogP) is 4.07. The molecular formula is C16H17N3O5. The monoisotopic (exact) mass is 331 g/mol. The van der Waals surface area contributed by atoms with Crippen molar-refractivity contribution >= 4 is 17.6 Å². The molecule has 0 unspecified atom stereocenters. The second-order valence-corrected chi connectivity index (χ2v) is 6.00. The molecule has 0 fully saturated rings. The van der Waals surface area contributed by atoms with E-state index in [0.29, 0.717) is 17.2 Å². The van der Waals surface area contributed by atoms with Crippen molar-refractivity contribution in [3.8, 4) is 11.5 Å². The highest BCUT2D eigenvalue weighted by Gasteiger charge is 2.28. The number of aromatic nitrogens is 1. The van der Waals surface area contributed by atoms with Crippen LogP contribution in [-0.4, -0.2) is 26.6 Å². The summed E-state index contributed by atoms with van der Waals surface area (Å²) in [5.74, 6) is 0.440. The van der Waals surface area contributed by atoms with Gasteiger partial charge >= 0.3 is 11.9 Å². The molecule has 24 heavy (non-hydrogen) atoms. The molecule has 0 saturated heterocycles. The van der Waals surface area contributed by atoms with Crippen LogP contribution in [0.25, 0.3) is 0 Å². The van der Waals surface area contributed by atoms with Gasteiger partial charge in [0.05, 0.1) is 5.69 Å². The number of rotatable bonds is 4. The molecular weight excluding hydrogens is 314 g/mol. The van der Waals surface area contributed by atoms with E-state index in [-0.39, 0.29) is 5.82 Å². The molecule has 126 valence electrons. The summed E-state index contributed by atoms with van der Waals surface area (Å²) in [7, 11) is 0. The summed E-state index contributed by atoms with van der Waals surface area (Å²) in [6.45, 7) is 5.36. The fourth-order valence-corrected chi connectivity index (χ4v) is 2.15. The Morgan fingerprint density at radius 2 is 1.96 bits per heavy atom. The second kappa shape index (κ2) is 6.53. The van der Waals surface area contributed by atoms with Crippen molar-refractivity contribution in [2.75, 3.05) is 4.90 Å². The molecule has 2 aromatic rings. The highest BCUT2D eigenvalue weighted by atomic mass is 16.6. The Morgan fingerprint density at radius 1 is 1.25 bits per heavy atom. The number of carboxylic acid groups (broad SMARTS) is 1. The van der Waals surface area contributed by atoms with Crippen LogP contribution in [0.2, 0.25) is 0 Å². The molecule has 8 nitrogen and oxygen atoms in total. The Kier molecular flexibility index (Phi) is 4.68. The van der Waals surface area contributed by atoms with Gasteiger partial charge in [-0.05, 0) is 48.9 Å². The molecule has 0 atom stereocenters. The van der Waals surface area contributed by atoms with Crippen molar-refractivity contribution in [1.29, 1.82) is 0 Å². The number of benzene rings is 1. The van der Waals surface area contributed by atoms with E-state index in [1.54, 1.807) is 45.0 Å². The van der Waals surface area contributed by atoms with Crippen LogP contribution in [0.3, 0.4) is 0 Å². The zero-order valence-electron chi connectivity index (χ0n) is 13.5. The van der Waals surface area contributed by atoms with Crippen LogP contribution < -0.4 is 9.64 Å². The minimum Gasteiger partial charge on any atom is -0.465 e. The van der Waals surface area contributed by atoms with E-state index < -0.39 is 16.6 Å². The number of carbonyl (C=O) groups is 1. The third-order valence-electron chi connectivity index (χ3n) is 3.08. The average Bonchev–Trinajstić information content (AvgIpc) is 2.46. The Hall–Kier alpha value is -3.16. The number of nitro groups is 1. The number of hydrogen-bond acceptors (Lipinski definition) is 5.